The number of nitrogens with one attached hydrogen (secondary N) is 1. The fourth-order valence-electron chi connectivity index (χ4n) is 0.818. The number of primary amides is 2. The maximum atomic E-state index is 10.7. The summed E-state index contributed by atoms with van der Waals surface area (Å²) in [5, 5.41) is 2.31. The Kier molecular flexibility index (Phi) is 4.50. The summed E-state index contributed by atoms with van der Waals surface area (Å²) >= 11 is 0. The Balaban J connectivity index is 4.02. The first-order valence-electron chi connectivity index (χ1n) is 3.78. The van der Waals surface area contributed by atoms with Crippen LogP contribution in [0.2, 0.25) is 0 Å². The van der Waals surface area contributed by atoms with E-state index in [1.165, 1.54) is 6.92 Å². The van der Waals surface area contributed by atoms with Gasteiger partial charge in [-0.15, -0.1) is 0 Å². The molecule has 0 aliphatic carbocycles. The predicted molar refractivity (Wildman–Crippen MR) is 45.2 cm³/mol. The molecular weight excluding hydrogens is 174 g/mol. The van der Waals surface area contributed by atoms with E-state index in [0.29, 0.717) is 0 Å². The van der Waals surface area contributed by atoms with Crippen molar-refractivity contribution < 1.29 is 14.4 Å². The van der Waals surface area contributed by atoms with Gasteiger partial charge in [-0.3, -0.25) is 14.4 Å². The first-order chi connectivity index (χ1) is 5.93. The fraction of sp³-hybridized carbons (Fsp3) is 0.571. The van der Waals surface area contributed by atoms with Gasteiger partial charge < -0.3 is 16.8 Å². The van der Waals surface area contributed by atoms with Gasteiger partial charge in [0.25, 0.3) is 0 Å². The van der Waals surface area contributed by atoms with Crippen LogP contribution in [0.1, 0.15) is 19.8 Å². The van der Waals surface area contributed by atoms with Crippen molar-refractivity contribution in [3.8, 4) is 0 Å². The minimum absolute atomic E-state index is 0.0217. The van der Waals surface area contributed by atoms with Crippen LogP contribution in [-0.4, -0.2) is 23.8 Å². The van der Waals surface area contributed by atoms with Crippen molar-refractivity contribution >= 4 is 17.7 Å². The van der Waals surface area contributed by atoms with Crippen molar-refractivity contribution in [1.29, 1.82) is 0 Å². The Morgan fingerprint density at radius 1 is 1.31 bits per heavy atom. The first-order valence-corrected chi connectivity index (χ1v) is 3.78. The van der Waals surface area contributed by atoms with E-state index in [0.717, 1.165) is 0 Å². The summed E-state index contributed by atoms with van der Waals surface area (Å²) in [6.07, 6.45) is 0.165. The lowest BCUT2D eigenvalue weighted by Crippen LogP contribution is -2.44. The summed E-state index contributed by atoms with van der Waals surface area (Å²) in [5.74, 6) is -1.57. The number of carbonyl (C=O) groups is 3. The van der Waals surface area contributed by atoms with Crippen LogP contribution in [0.5, 0.6) is 0 Å². The molecule has 0 bridgehead atoms. The molecule has 5 N–H and O–H groups in total. The Morgan fingerprint density at radius 3 is 2.15 bits per heavy atom. The first kappa shape index (κ1) is 11.4. The number of nitrogens with two attached hydrogens (primary N) is 2. The minimum Gasteiger partial charge on any atom is -0.370 e. The monoisotopic (exact) mass is 187 g/mol. The zero-order valence-corrected chi connectivity index (χ0v) is 7.37. The average Bonchev–Trinajstić information content (AvgIpc) is 1.96. The van der Waals surface area contributed by atoms with Gasteiger partial charge in [0.15, 0.2) is 0 Å². The van der Waals surface area contributed by atoms with E-state index < -0.39 is 17.9 Å². The highest BCUT2D eigenvalue weighted by Gasteiger charge is 2.16. The molecule has 0 unspecified atom stereocenters. The number of carbonyl (C=O) groups excluding carboxylic acids is 3. The third kappa shape index (κ3) is 5.66. The SMILES string of the molecule is CC(=O)N[C@@H](CCC(N)=O)C(N)=O. The summed E-state index contributed by atoms with van der Waals surface area (Å²) in [4.78, 5) is 31.6. The maximum Gasteiger partial charge on any atom is 0.240 e. The van der Waals surface area contributed by atoms with E-state index >= 15 is 0 Å². The van der Waals surface area contributed by atoms with Gasteiger partial charge in [0.05, 0.1) is 0 Å². The Hall–Kier alpha value is -1.59. The number of hydrogen-bond donors (Lipinski definition) is 3. The van der Waals surface area contributed by atoms with Crippen LogP contribution in [-0.2, 0) is 14.4 Å². The molecule has 0 aliphatic rings. The molecule has 0 radical (unpaired) electrons. The van der Waals surface area contributed by atoms with Gasteiger partial charge in [0.2, 0.25) is 17.7 Å². The Bertz CT molecular complexity index is 227. The van der Waals surface area contributed by atoms with E-state index in [1.807, 2.05) is 0 Å². The largest absolute Gasteiger partial charge is 0.370 e. The minimum atomic E-state index is -0.815. The summed E-state index contributed by atoms with van der Waals surface area (Å²) < 4.78 is 0. The van der Waals surface area contributed by atoms with Gasteiger partial charge in [-0.25, -0.2) is 0 Å². The van der Waals surface area contributed by atoms with Crippen LogP contribution in [0, 0.1) is 0 Å². The third-order valence-corrected chi connectivity index (χ3v) is 1.40. The van der Waals surface area contributed by atoms with E-state index in [2.05, 4.69) is 5.32 Å². The van der Waals surface area contributed by atoms with Gasteiger partial charge in [0, 0.05) is 13.3 Å². The highest BCUT2D eigenvalue weighted by atomic mass is 16.2. The molecule has 0 rings (SSSR count). The predicted octanol–water partition coefficient (Wildman–Crippen LogP) is -1.76. The van der Waals surface area contributed by atoms with Crippen LogP contribution >= 0.6 is 0 Å². The second-order valence-electron chi connectivity index (χ2n) is 2.66. The zero-order valence-electron chi connectivity index (χ0n) is 7.37. The van der Waals surface area contributed by atoms with Crippen molar-refractivity contribution in [2.24, 2.45) is 11.5 Å². The lowest BCUT2D eigenvalue weighted by atomic mass is 10.1. The van der Waals surface area contributed by atoms with Gasteiger partial charge in [0.1, 0.15) is 6.04 Å². The van der Waals surface area contributed by atoms with Gasteiger partial charge in [-0.05, 0) is 6.42 Å². The normalized spacial score (nSPS) is 11.8. The molecule has 13 heavy (non-hydrogen) atoms. The van der Waals surface area contributed by atoms with Crippen LogP contribution in [0.25, 0.3) is 0 Å². The van der Waals surface area contributed by atoms with E-state index in [1.54, 1.807) is 0 Å². The molecule has 0 aromatic carbocycles. The second kappa shape index (κ2) is 5.13. The van der Waals surface area contributed by atoms with Gasteiger partial charge in [-0.1, -0.05) is 0 Å². The van der Waals surface area contributed by atoms with Crippen LogP contribution < -0.4 is 16.8 Å². The van der Waals surface area contributed by atoms with Gasteiger partial charge in [-0.2, -0.15) is 0 Å². The third-order valence-electron chi connectivity index (χ3n) is 1.40. The van der Waals surface area contributed by atoms with E-state index in [9.17, 15) is 14.4 Å². The smallest absolute Gasteiger partial charge is 0.240 e. The second-order valence-corrected chi connectivity index (χ2v) is 2.66. The van der Waals surface area contributed by atoms with E-state index in [-0.39, 0.29) is 18.7 Å². The topological polar surface area (TPSA) is 115 Å². The average molecular weight is 187 g/mol. The highest BCUT2D eigenvalue weighted by molar-refractivity contribution is 5.86. The molecule has 0 aromatic heterocycles. The highest BCUT2D eigenvalue weighted by Crippen LogP contribution is 1.95. The van der Waals surface area contributed by atoms with Crippen molar-refractivity contribution in [2.75, 3.05) is 0 Å². The molecule has 6 nitrogen and oxygen atoms in total. The molecule has 0 aliphatic heterocycles. The number of hydrogen-bond acceptors (Lipinski definition) is 3. The summed E-state index contributed by atoms with van der Waals surface area (Å²) in [6, 6.07) is -0.815. The van der Waals surface area contributed by atoms with Crippen molar-refractivity contribution in [2.45, 2.75) is 25.8 Å². The van der Waals surface area contributed by atoms with Gasteiger partial charge >= 0.3 is 0 Å². The molecule has 0 heterocycles. The Morgan fingerprint density at radius 2 is 1.85 bits per heavy atom. The Labute approximate surface area is 75.6 Å². The summed E-state index contributed by atoms with van der Waals surface area (Å²) in [7, 11) is 0. The van der Waals surface area contributed by atoms with E-state index in [4.69, 9.17) is 11.5 Å². The molecule has 0 saturated carbocycles. The molecule has 1 atom stereocenters. The van der Waals surface area contributed by atoms with Crippen molar-refractivity contribution in [3.63, 3.8) is 0 Å². The molecule has 0 spiro atoms. The van der Waals surface area contributed by atoms with Crippen LogP contribution in [0.4, 0.5) is 0 Å². The lowest BCUT2D eigenvalue weighted by molar-refractivity contribution is -0.126. The van der Waals surface area contributed by atoms with Crippen LogP contribution in [0.3, 0.4) is 0 Å². The maximum absolute atomic E-state index is 10.7. The molecule has 74 valence electrons. The quantitative estimate of drug-likeness (QED) is 0.473. The van der Waals surface area contributed by atoms with Crippen molar-refractivity contribution in [1.82, 2.24) is 5.32 Å². The molecule has 0 saturated heterocycles. The zero-order chi connectivity index (χ0) is 10.4. The fourth-order valence-corrected chi connectivity index (χ4v) is 0.818. The summed E-state index contributed by atoms with van der Waals surface area (Å²) in [5.41, 5.74) is 9.83. The summed E-state index contributed by atoms with van der Waals surface area (Å²) in [6.45, 7) is 1.26. The number of rotatable bonds is 5. The molecule has 0 aromatic rings. The molecule has 0 fully saturated rings. The molecule has 6 heteroatoms. The number of amides is 3. The molecular formula is C7H13N3O3. The van der Waals surface area contributed by atoms with Crippen molar-refractivity contribution in [3.05, 3.63) is 0 Å². The standard InChI is InChI=1S/C7H13N3O3/c1-4(11)10-5(7(9)13)2-3-6(8)12/h5H,2-3H2,1H3,(H2,8,12)(H2,9,13)(H,10,11)/t5-/m0/s1. The molecule has 3 amide bonds. The lowest BCUT2D eigenvalue weighted by Gasteiger charge is -2.12. The van der Waals surface area contributed by atoms with Crippen LogP contribution in [0.15, 0.2) is 0 Å².